The summed E-state index contributed by atoms with van der Waals surface area (Å²) in [5.41, 5.74) is 5.90. The molecule has 0 aliphatic heterocycles. The number of hydrogen-bond donors (Lipinski definition) is 2. The number of para-hydroxylation sites is 1. The van der Waals surface area contributed by atoms with Crippen LogP contribution in [0.4, 0.5) is 0 Å². The predicted molar refractivity (Wildman–Crippen MR) is 58.7 cm³/mol. The number of hydrogen-bond acceptors (Lipinski definition) is 3. The number of amides is 1. The Hall–Kier alpha value is -1.55. The molecule has 1 unspecified atom stereocenters. The second-order valence-corrected chi connectivity index (χ2v) is 3.68. The first-order valence-corrected chi connectivity index (χ1v) is 4.81. The molecule has 3 N–H and O–H groups in total. The fraction of sp³-hybridized carbons (Fsp3) is 0.364. The summed E-state index contributed by atoms with van der Waals surface area (Å²) in [7, 11) is 1.66. The third-order valence-corrected chi connectivity index (χ3v) is 2.04. The molecule has 0 aliphatic carbocycles. The van der Waals surface area contributed by atoms with Crippen LogP contribution in [-0.2, 0) is 0 Å². The summed E-state index contributed by atoms with van der Waals surface area (Å²) >= 11 is 0. The summed E-state index contributed by atoms with van der Waals surface area (Å²) in [5, 5.41) is 9.49. The highest BCUT2D eigenvalue weighted by Crippen LogP contribution is 2.17. The van der Waals surface area contributed by atoms with Crippen LogP contribution in [0.5, 0.6) is 5.75 Å². The van der Waals surface area contributed by atoms with Gasteiger partial charge in [0.15, 0.2) is 0 Å². The van der Waals surface area contributed by atoms with Gasteiger partial charge in [-0.25, -0.2) is 0 Å². The molecule has 0 saturated heterocycles. The van der Waals surface area contributed by atoms with Gasteiger partial charge in [-0.3, -0.25) is 4.79 Å². The van der Waals surface area contributed by atoms with E-state index < -0.39 is 0 Å². The second-order valence-electron chi connectivity index (χ2n) is 3.68. The lowest BCUT2D eigenvalue weighted by atomic mass is 10.1. The van der Waals surface area contributed by atoms with Gasteiger partial charge in [0, 0.05) is 19.6 Å². The van der Waals surface area contributed by atoms with Crippen LogP contribution in [-0.4, -0.2) is 35.5 Å². The topological polar surface area (TPSA) is 66.6 Å². The van der Waals surface area contributed by atoms with Crippen molar-refractivity contribution in [2.75, 3.05) is 13.6 Å². The van der Waals surface area contributed by atoms with E-state index in [1.807, 2.05) is 6.92 Å². The summed E-state index contributed by atoms with van der Waals surface area (Å²) in [6.45, 7) is 2.29. The van der Waals surface area contributed by atoms with Gasteiger partial charge in [0.1, 0.15) is 5.75 Å². The average molecular weight is 208 g/mol. The van der Waals surface area contributed by atoms with Crippen molar-refractivity contribution in [2.24, 2.45) is 5.73 Å². The SMILES string of the molecule is CC(N)CN(C)C(=O)c1ccccc1O. The Balaban J connectivity index is 2.81. The second kappa shape index (κ2) is 4.79. The van der Waals surface area contributed by atoms with Gasteiger partial charge in [-0.05, 0) is 19.1 Å². The molecule has 0 fully saturated rings. The zero-order valence-corrected chi connectivity index (χ0v) is 8.97. The Morgan fingerprint density at radius 1 is 1.53 bits per heavy atom. The van der Waals surface area contributed by atoms with Crippen molar-refractivity contribution in [1.29, 1.82) is 0 Å². The maximum Gasteiger partial charge on any atom is 0.257 e. The van der Waals surface area contributed by atoms with Crippen LogP contribution >= 0.6 is 0 Å². The molecule has 4 heteroatoms. The number of rotatable bonds is 3. The smallest absolute Gasteiger partial charge is 0.257 e. The number of carbonyl (C=O) groups excluding carboxylic acids is 1. The Kier molecular flexibility index (Phi) is 3.68. The van der Waals surface area contributed by atoms with E-state index in [2.05, 4.69) is 0 Å². The van der Waals surface area contributed by atoms with E-state index in [0.29, 0.717) is 12.1 Å². The highest BCUT2D eigenvalue weighted by molar-refractivity contribution is 5.96. The van der Waals surface area contributed by atoms with Gasteiger partial charge in [0.2, 0.25) is 0 Å². The fourth-order valence-corrected chi connectivity index (χ4v) is 1.37. The summed E-state index contributed by atoms with van der Waals surface area (Å²) in [4.78, 5) is 13.3. The number of phenolic OH excluding ortho intramolecular Hbond substituents is 1. The van der Waals surface area contributed by atoms with E-state index in [4.69, 9.17) is 5.73 Å². The molecule has 1 aromatic carbocycles. The third-order valence-electron chi connectivity index (χ3n) is 2.04. The van der Waals surface area contributed by atoms with Crippen molar-refractivity contribution in [3.8, 4) is 5.75 Å². The van der Waals surface area contributed by atoms with Crippen LogP contribution in [0.15, 0.2) is 24.3 Å². The number of nitrogens with two attached hydrogens (primary N) is 1. The van der Waals surface area contributed by atoms with Gasteiger partial charge in [0.25, 0.3) is 5.91 Å². The largest absolute Gasteiger partial charge is 0.507 e. The number of carbonyl (C=O) groups is 1. The maximum atomic E-state index is 11.8. The standard InChI is InChI=1S/C11H16N2O2/c1-8(12)7-13(2)11(15)9-5-3-4-6-10(9)14/h3-6,8,14H,7,12H2,1-2H3. The van der Waals surface area contributed by atoms with Gasteiger partial charge in [0.05, 0.1) is 5.56 Å². The lowest BCUT2D eigenvalue weighted by molar-refractivity contribution is 0.0786. The van der Waals surface area contributed by atoms with Gasteiger partial charge in [-0.2, -0.15) is 0 Å². The quantitative estimate of drug-likeness (QED) is 0.772. The molecule has 0 aliphatic rings. The van der Waals surface area contributed by atoms with Crippen molar-refractivity contribution in [3.05, 3.63) is 29.8 Å². The Labute approximate surface area is 89.3 Å². The van der Waals surface area contributed by atoms with Crippen LogP contribution in [0.2, 0.25) is 0 Å². The molecule has 0 bridgehead atoms. The van der Waals surface area contributed by atoms with Gasteiger partial charge in [-0.15, -0.1) is 0 Å². The van der Waals surface area contributed by atoms with Crippen LogP contribution in [0, 0.1) is 0 Å². The first kappa shape index (κ1) is 11.5. The molecule has 1 aromatic rings. The predicted octanol–water partition coefficient (Wildman–Crippen LogP) is 0.811. The van der Waals surface area contributed by atoms with Gasteiger partial charge in [-0.1, -0.05) is 12.1 Å². The number of phenols is 1. The number of benzene rings is 1. The van der Waals surface area contributed by atoms with Crippen molar-refractivity contribution >= 4 is 5.91 Å². The Morgan fingerprint density at radius 3 is 2.67 bits per heavy atom. The van der Waals surface area contributed by atoms with E-state index in [9.17, 15) is 9.90 Å². The minimum absolute atomic E-state index is 0.000903. The van der Waals surface area contributed by atoms with Crippen molar-refractivity contribution in [3.63, 3.8) is 0 Å². The van der Waals surface area contributed by atoms with Crippen molar-refractivity contribution in [1.82, 2.24) is 4.90 Å². The van der Waals surface area contributed by atoms with Crippen LogP contribution < -0.4 is 5.73 Å². The zero-order valence-electron chi connectivity index (χ0n) is 8.97. The van der Waals surface area contributed by atoms with Gasteiger partial charge < -0.3 is 15.7 Å². The molecule has 0 spiro atoms. The van der Waals surface area contributed by atoms with E-state index in [-0.39, 0.29) is 17.7 Å². The van der Waals surface area contributed by atoms with E-state index in [1.165, 1.54) is 11.0 Å². The maximum absolute atomic E-state index is 11.8. The zero-order chi connectivity index (χ0) is 11.4. The molecule has 0 radical (unpaired) electrons. The molecule has 15 heavy (non-hydrogen) atoms. The summed E-state index contributed by atoms with van der Waals surface area (Å²) in [6.07, 6.45) is 0. The minimum Gasteiger partial charge on any atom is -0.507 e. The molecule has 1 rings (SSSR count). The molecule has 1 atom stereocenters. The lowest BCUT2D eigenvalue weighted by Gasteiger charge is -2.19. The first-order valence-electron chi connectivity index (χ1n) is 4.81. The first-order chi connectivity index (χ1) is 7.02. The van der Waals surface area contributed by atoms with Crippen molar-refractivity contribution < 1.29 is 9.90 Å². The Morgan fingerprint density at radius 2 is 2.13 bits per heavy atom. The van der Waals surface area contributed by atoms with Crippen LogP contribution in [0.3, 0.4) is 0 Å². The lowest BCUT2D eigenvalue weighted by Crippen LogP contribution is -2.36. The van der Waals surface area contributed by atoms with Crippen LogP contribution in [0.25, 0.3) is 0 Å². The summed E-state index contributed by atoms with van der Waals surface area (Å²) < 4.78 is 0. The minimum atomic E-state index is -0.217. The number of likely N-dealkylation sites (N-methyl/N-ethyl adjacent to an activating group) is 1. The molecule has 1 amide bonds. The fourth-order valence-electron chi connectivity index (χ4n) is 1.37. The highest BCUT2D eigenvalue weighted by atomic mass is 16.3. The average Bonchev–Trinajstić information content (AvgIpc) is 2.16. The van der Waals surface area contributed by atoms with Crippen LogP contribution in [0.1, 0.15) is 17.3 Å². The molecule has 4 nitrogen and oxygen atoms in total. The van der Waals surface area contributed by atoms with Gasteiger partial charge >= 0.3 is 0 Å². The normalized spacial score (nSPS) is 12.2. The molecular weight excluding hydrogens is 192 g/mol. The summed E-state index contributed by atoms with van der Waals surface area (Å²) in [5.74, 6) is -0.218. The van der Waals surface area contributed by atoms with E-state index in [0.717, 1.165) is 0 Å². The van der Waals surface area contributed by atoms with E-state index in [1.54, 1.807) is 25.2 Å². The summed E-state index contributed by atoms with van der Waals surface area (Å²) in [6, 6.07) is 6.40. The van der Waals surface area contributed by atoms with E-state index >= 15 is 0 Å². The molecule has 0 saturated carbocycles. The highest BCUT2D eigenvalue weighted by Gasteiger charge is 2.15. The monoisotopic (exact) mass is 208 g/mol. The number of aromatic hydroxyl groups is 1. The number of nitrogens with zero attached hydrogens (tertiary/aromatic N) is 1. The van der Waals surface area contributed by atoms with Crippen molar-refractivity contribution in [2.45, 2.75) is 13.0 Å². The molecule has 0 aromatic heterocycles. The molecule has 0 heterocycles. The molecular formula is C11H16N2O2. The third kappa shape index (κ3) is 2.95. The molecule has 82 valence electrons. The Bertz CT molecular complexity index is 350.